The van der Waals surface area contributed by atoms with Crippen molar-refractivity contribution in [1.29, 1.82) is 0 Å². The zero-order chi connectivity index (χ0) is 20.1. The predicted octanol–water partition coefficient (Wildman–Crippen LogP) is 1.84. The molecule has 0 bridgehead atoms. The Bertz CT molecular complexity index is 879. The molecule has 0 radical (unpaired) electrons. The lowest BCUT2D eigenvalue weighted by atomic mass is 10.0. The molecule has 0 saturated carbocycles. The Hall–Kier alpha value is -2.39. The highest BCUT2D eigenvalue weighted by molar-refractivity contribution is 7.89. The van der Waals surface area contributed by atoms with Gasteiger partial charge in [-0.2, -0.15) is 4.31 Å². The molecule has 1 aromatic carbocycles. The molecule has 1 fully saturated rings. The second kappa shape index (κ2) is 8.74. The average Bonchev–Trinajstić information content (AvgIpc) is 3.11. The summed E-state index contributed by atoms with van der Waals surface area (Å²) < 4.78 is 32.2. The molecule has 1 amide bonds. The van der Waals surface area contributed by atoms with Crippen LogP contribution in [0.25, 0.3) is 0 Å². The molecule has 1 aromatic heterocycles. The molecule has 1 N–H and O–H groups in total. The molecule has 152 valence electrons. The van der Waals surface area contributed by atoms with Gasteiger partial charge in [-0.3, -0.25) is 4.79 Å². The van der Waals surface area contributed by atoms with Crippen LogP contribution in [0.4, 0.5) is 0 Å². The zero-order valence-electron chi connectivity index (χ0n) is 16.2. The fourth-order valence-electron chi connectivity index (χ4n) is 3.09. The fourth-order valence-corrected chi connectivity index (χ4v) is 4.46. The van der Waals surface area contributed by atoms with Crippen LogP contribution in [0, 0.1) is 0 Å². The quantitative estimate of drug-likeness (QED) is 0.790. The number of aromatic amines is 1. The smallest absolute Gasteiger partial charge is 0.260 e. The van der Waals surface area contributed by atoms with Crippen LogP contribution in [0.15, 0.2) is 41.8 Å². The number of hydrogen-bond acceptors (Lipinski definition) is 5. The highest BCUT2D eigenvalue weighted by atomic mass is 32.2. The van der Waals surface area contributed by atoms with E-state index in [9.17, 15) is 13.2 Å². The predicted molar refractivity (Wildman–Crippen MR) is 105 cm³/mol. The maximum absolute atomic E-state index is 12.6. The van der Waals surface area contributed by atoms with E-state index in [1.54, 1.807) is 4.90 Å². The van der Waals surface area contributed by atoms with Crippen molar-refractivity contribution in [3.8, 4) is 5.75 Å². The minimum absolute atomic E-state index is 0.0612. The number of rotatable bonds is 6. The average molecular weight is 407 g/mol. The molecular weight excluding hydrogens is 380 g/mol. The topological polar surface area (TPSA) is 95.6 Å². The second-order valence-corrected chi connectivity index (χ2v) is 8.97. The van der Waals surface area contributed by atoms with Crippen LogP contribution in [-0.4, -0.2) is 66.3 Å². The SMILES string of the molecule is CC(C)c1ccc(OCC(=O)N2CCCN(S(=O)(=O)c3cnc[nH]3)CC2)cc1. The molecule has 1 saturated heterocycles. The summed E-state index contributed by atoms with van der Waals surface area (Å²) in [5, 5.41) is 0.0699. The van der Waals surface area contributed by atoms with Crippen LogP contribution in [0.3, 0.4) is 0 Å². The van der Waals surface area contributed by atoms with Gasteiger partial charge in [0.05, 0.1) is 12.5 Å². The summed E-state index contributed by atoms with van der Waals surface area (Å²) in [5.41, 5.74) is 1.21. The maximum atomic E-state index is 12.6. The van der Waals surface area contributed by atoms with E-state index in [2.05, 4.69) is 23.8 Å². The van der Waals surface area contributed by atoms with Crippen molar-refractivity contribution in [1.82, 2.24) is 19.2 Å². The van der Waals surface area contributed by atoms with E-state index in [4.69, 9.17) is 4.74 Å². The molecule has 3 rings (SSSR count). The fraction of sp³-hybridized carbons (Fsp3) is 0.474. The molecule has 0 spiro atoms. The van der Waals surface area contributed by atoms with Gasteiger partial charge in [0.25, 0.3) is 15.9 Å². The first-order valence-corrected chi connectivity index (χ1v) is 10.8. The molecule has 28 heavy (non-hydrogen) atoms. The molecule has 0 atom stereocenters. The Kier molecular flexibility index (Phi) is 6.35. The van der Waals surface area contributed by atoms with E-state index in [-0.39, 0.29) is 24.1 Å². The number of carbonyl (C=O) groups excluding carboxylic acids is 1. The van der Waals surface area contributed by atoms with Gasteiger partial charge >= 0.3 is 0 Å². The highest BCUT2D eigenvalue weighted by Gasteiger charge is 2.29. The summed E-state index contributed by atoms with van der Waals surface area (Å²) in [6, 6.07) is 7.72. The molecule has 9 heteroatoms. The van der Waals surface area contributed by atoms with E-state index < -0.39 is 10.0 Å². The van der Waals surface area contributed by atoms with Gasteiger partial charge in [-0.1, -0.05) is 26.0 Å². The number of aromatic nitrogens is 2. The van der Waals surface area contributed by atoms with E-state index >= 15 is 0 Å². The number of carbonyl (C=O) groups is 1. The van der Waals surface area contributed by atoms with Crippen molar-refractivity contribution in [2.45, 2.75) is 31.2 Å². The lowest BCUT2D eigenvalue weighted by Crippen LogP contribution is -2.39. The monoisotopic (exact) mass is 406 g/mol. The van der Waals surface area contributed by atoms with Crippen LogP contribution >= 0.6 is 0 Å². The van der Waals surface area contributed by atoms with Gasteiger partial charge in [-0.25, -0.2) is 13.4 Å². The number of amides is 1. The van der Waals surface area contributed by atoms with Gasteiger partial charge in [-0.05, 0) is 30.0 Å². The number of H-pyrrole nitrogens is 1. The summed E-state index contributed by atoms with van der Waals surface area (Å²) in [7, 11) is -3.61. The molecular formula is C19H26N4O4S. The van der Waals surface area contributed by atoms with E-state index in [1.165, 1.54) is 22.4 Å². The van der Waals surface area contributed by atoms with E-state index in [0.717, 1.165) is 0 Å². The third-order valence-electron chi connectivity index (χ3n) is 4.81. The number of benzene rings is 1. The first kappa shape index (κ1) is 20.3. The molecule has 2 heterocycles. The normalized spacial score (nSPS) is 16.2. The van der Waals surface area contributed by atoms with E-state index in [1.807, 2.05) is 24.3 Å². The van der Waals surface area contributed by atoms with Crippen molar-refractivity contribution >= 4 is 15.9 Å². The van der Waals surface area contributed by atoms with Crippen LogP contribution in [0.2, 0.25) is 0 Å². The second-order valence-electron chi connectivity index (χ2n) is 7.07. The van der Waals surface area contributed by atoms with E-state index in [0.29, 0.717) is 37.7 Å². The lowest BCUT2D eigenvalue weighted by molar-refractivity contribution is -0.133. The summed E-state index contributed by atoms with van der Waals surface area (Å²) in [6.45, 7) is 5.63. The van der Waals surface area contributed by atoms with Crippen molar-refractivity contribution in [2.75, 3.05) is 32.8 Å². The van der Waals surface area contributed by atoms with Gasteiger partial charge in [0.1, 0.15) is 5.75 Å². The number of hydrogen-bond donors (Lipinski definition) is 1. The number of ether oxygens (including phenoxy) is 1. The first-order chi connectivity index (χ1) is 13.4. The molecule has 1 aliphatic rings. The number of nitrogens with zero attached hydrogens (tertiary/aromatic N) is 3. The van der Waals surface area contributed by atoms with Gasteiger partial charge in [-0.15, -0.1) is 0 Å². The van der Waals surface area contributed by atoms with Gasteiger partial charge in [0.15, 0.2) is 11.6 Å². The minimum atomic E-state index is -3.61. The van der Waals surface area contributed by atoms with Crippen LogP contribution in [0.5, 0.6) is 5.75 Å². The summed E-state index contributed by atoms with van der Waals surface area (Å²) >= 11 is 0. The van der Waals surface area contributed by atoms with Crippen molar-refractivity contribution in [3.05, 3.63) is 42.4 Å². The summed E-state index contributed by atoms with van der Waals surface area (Å²) in [5.74, 6) is 0.943. The molecule has 0 unspecified atom stereocenters. The molecule has 0 aliphatic carbocycles. The summed E-state index contributed by atoms with van der Waals surface area (Å²) in [4.78, 5) is 20.6. The molecule has 1 aliphatic heterocycles. The van der Waals surface area contributed by atoms with Crippen LogP contribution in [-0.2, 0) is 14.8 Å². The third kappa shape index (κ3) is 4.71. The van der Waals surface area contributed by atoms with Crippen LogP contribution in [0.1, 0.15) is 31.7 Å². The molecule has 2 aromatic rings. The third-order valence-corrected chi connectivity index (χ3v) is 6.63. The Morgan fingerprint density at radius 1 is 1.18 bits per heavy atom. The lowest BCUT2D eigenvalue weighted by Gasteiger charge is -2.21. The Labute approximate surface area is 165 Å². The van der Waals surface area contributed by atoms with Crippen molar-refractivity contribution in [3.63, 3.8) is 0 Å². The number of sulfonamides is 1. The number of imidazole rings is 1. The van der Waals surface area contributed by atoms with Crippen LogP contribution < -0.4 is 4.74 Å². The van der Waals surface area contributed by atoms with Gasteiger partial charge in [0, 0.05) is 26.2 Å². The maximum Gasteiger partial charge on any atom is 0.260 e. The largest absolute Gasteiger partial charge is 0.484 e. The van der Waals surface area contributed by atoms with Crippen molar-refractivity contribution < 1.29 is 17.9 Å². The number of nitrogens with one attached hydrogen (secondary N) is 1. The minimum Gasteiger partial charge on any atom is -0.484 e. The molecule has 8 nitrogen and oxygen atoms in total. The summed E-state index contributed by atoms with van der Waals surface area (Å²) in [6.07, 6.45) is 3.20. The first-order valence-electron chi connectivity index (χ1n) is 9.37. The van der Waals surface area contributed by atoms with Gasteiger partial charge in [0.2, 0.25) is 0 Å². The Balaban J connectivity index is 1.54. The van der Waals surface area contributed by atoms with Crippen molar-refractivity contribution in [2.24, 2.45) is 0 Å². The standard InChI is InChI=1S/C19H26N4O4S/c1-15(2)16-4-6-17(7-5-16)27-13-19(24)22-8-3-9-23(11-10-22)28(25,26)18-12-20-14-21-18/h4-7,12,14-15H,3,8-11,13H2,1-2H3,(H,20,21). The Morgan fingerprint density at radius 3 is 2.57 bits per heavy atom. The highest BCUT2D eigenvalue weighted by Crippen LogP contribution is 2.19. The Morgan fingerprint density at radius 2 is 1.93 bits per heavy atom. The van der Waals surface area contributed by atoms with Gasteiger partial charge < -0.3 is 14.6 Å². The zero-order valence-corrected chi connectivity index (χ0v) is 17.0.